The van der Waals surface area contributed by atoms with Gasteiger partial charge in [0.2, 0.25) is 11.8 Å². The highest BCUT2D eigenvalue weighted by atomic mass is 16.5. The molecule has 156 valence electrons. The predicted molar refractivity (Wildman–Crippen MR) is 118 cm³/mol. The molecule has 1 aliphatic rings. The molecule has 3 N–H and O–H groups in total. The van der Waals surface area contributed by atoms with Crippen molar-refractivity contribution in [1.29, 1.82) is 0 Å². The lowest BCUT2D eigenvalue weighted by Gasteiger charge is -2.25. The molecule has 30 heavy (non-hydrogen) atoms. The fourth-order valence-corrected chi connectivity index (χ4v) is 4.31. The number of benzene rings is 2. The Hall–Kier alpha value is -3.28. The van der Waals surface area contributed by atoms with E-state index in [9.17, 15) is 9.59 Å². The number of hydrogen-bond acceptors (Lipinski definition) is 3. The van der Waals surface area contributed by atoms with E-state index in [-0.39, 0.29) is 18.2 Å². The van der Waals surface area contributed by atoms with Crippen LogP contribution in [-0.2, 0) is 22.6 Å². The highest BCUT2D eigenvalue weighted by molar-refractivity contribution is 6.01. The van der Waals surface area contributed by atoms with Gasteiger partial charge in [0.1, 0.15) is 5.75 Å². The van der Waals surface area contributed by atoms with E-state index < -0.39 is 5.92 Å². The smallest absolute Gasteiger partial charge is 0.228 e. The molecule has 0 spiro atoms. The van der Waals surface area contributed by atoms with Gasteiger partial charge < -0.3 is 20.4 Å². The summed E-state index contributed by atoms with van der Waals surface area (Å²) in [5.74, 6) is -0.191. The predicted octanol–water partition coefficient (Wildman–Crippen LogP) is 4.10. The summed E-state index contributed by atoms with van der Waals surface area (Å²) < 4.78 is 5.30. The molecule has 3 aromatic rings. The number of anilines is 1. The van der Waals surface area contributed by atoms with Crippen LogP contribution in [0.5, 0.6) is 5.75 Å². The summed E-state index contributed by atoms with van der Waals surface area (Å²) in [7, 11) is 1.59. The number of rotatable bonds is 5. The normalized spacial score (nSPS) is 15.6. The van der Waals surface area contributed by atoms with Crippen LogP contribution in [0.15, 0.2) is 30.3 Å². The van der Waals surface area contributed by atoms with E-state index in [1.807, 2.05) is 6.07 Å². The van der Waals surface area contributed by atoms with Crippen molar-refractivity contribution in [2.24, 2.45) is 0 Å². The minimum absolute atomic E-state index is 0.122. The second kappa shape index (κ2) is 7.86. The fraction of sp³-hybridized carbons (Fsp3) is 0.333. The Bertz CT molecular complexity index is 1150. The van der Waals surface area contributed by atoms with E-state index in [1.165, 1.54) is 16.6 Å². The van der Waals surface area contributed by atoms with Gasteiger partial charge in [-0.05, 0) is 61.2 Å². The molecule has 0 radical (unpaired) electrons. The van der Waals surface area contributed by atoms with Crippen LogP contribution in [0.3, 0.4) is 0 Å². The Morgan fingerprint density at radius 3 is 2.77 bits per heavy atom. The lowest BCUT2D eigenvalue weighted by atomic mass is 9.89. The van der Waals surface area contributed by atoms with Crippen molar-refractivity contribution < 1.29 is 14.3 Å². The van der Waals surface area contributed by atoms with E-state index in [0.29, 0.717) is 18.0 Å². The maximum Gasteiger partial charge on any atom is 0.228 e. The largest absolute Gasteiger partial charge is 0.497 e. The molecule has 0 bridgehead atoms. The second-order valence-electron chi connectivity index (χ2n) is 7.90. The number of hydrogen-bond donors (Lipinski definition) is 3. The summed E-state index contributed by atoms with van der Waals surface area (Å²) in [6.45, 7) is 6.73. The van der Waals surface area contributed by atoms with Gasteiger partial charge in [0.15, 0.2) is 0 Å². The molecule has 4 rings (SSSR count). The van der Waals surface area contributed by atoms with Crippen molar-refractivity contribution in [2.75, 3.05) is 12.4 Å². The average Bonchev–Trinajstić information content (AvgIpc) is 3.06. The quantitative estimate of drug-likeness (QED) is 0.598. The second-order valence-corrected chi connectivity index (χ2v) is 7.90. The Kier molecular flexibility index (Phi) is 5.24. The number of fused-ring (bicyclic) bond motifs is 2. The van der Waals surface area contributed by atoms with Crippen LogP contribution in [0.1, 0.15) is 47.2 Å². The van der Waals surface area contributed by atoms with E-state index in [4.69, 9.17) is 4.74 Å². The third-order valence-electron chi connectivity index (χ3n) is 5.92. The number of carbonyl (C=O) groups is 2. The Morgan fingerprint density at radius 2 is 2.03 bits per heavy atom. The Morgan fingerprint density at radius 1 is 1.23 bits per heavy atom. The molecular weight excluding hydrogens is 378 g/mol. The highest BCUT2D eigenvalue weighted by Crippen LogP contribution is 2.35. The molecule has 0 saturated heterocycles. The summed E-state index contributed by atoms with van der Waals surface area (Å²) >= 11 is 0. The van der Waals surface area contributed by atoms with Crippen molar-refractivity contribution >= 4 is 28.4 Å². The zero-order valence-electron chi connectivity index (χ0n) is 17.8. The first-order valence-electron chi connectivity index (χ1n) is 10.3. The van der Waals surface area contributed by atoms with E-state index >= 15 is 0 Å². The van der Waals surface area contributed by atoms with Crippen molar-refractivity contribution in [3.05, 3.63) is 58.3 Å². The van der Waals surface area contributed by atoms with Gasteiger partial charge in [-0.2, -0.15) is 0 Å². The zero-order valence-corrected chi connectivity index (χ0v) is 17.8. The van der Waals surface area contributed by atoms with Crippen LogP contribution >= 0.6 is 0 Å². The van der Waals surface area contributed by atoms with Crippen molar-refractivity contribution in [2.45, 2.75) is 46.1 Å². The van der Waals surface area contributed by atoms with Gasteiger partial charge in [-0.1, -0.05) is 18.6 Å². The lowest BCUT2D eigenvalue weighted by Crippen LogP contribution is -2.34. The van der Waals surface area contributed by atoms with Crippen molar-refractivity contribution in [1.82, 2.24) is 10.3 Å². The molecule has 0 aliphatic carbocycles. The molecule has 0 unspecified atom stereocenters. The average molecular weight is 405 g/mol. The van der Waals surface area contributed by atoms with Crippen LogP contribution in [0.4, 0.5) is 5.69 Å². The molecular formula is C24H27N3O3. The number of H-pyrrole nitrogens is 1. The number of ether oxygens (including phenoxy) is 1. The first-order valence-corrected chi connectivity index (χ1v) is 10.3. The molecule has 1 aromatic heterocycles. The molecule has 2 heterocycles. The van der Waals surface area contributed by atoms with Crippen LogP contribution in [-0.4, -0.2) is 23.9 Å². The number of aryl methyl sites for hydroxylation is 3. The standard InChI is InChI=1S/C24H27N3O3/c1-5-20-14(3)17-9-13(2)8-15(23(17)27-20)12-25-24(29)19-11-22(28)26-21-7-6-16(30-4)10-18(19)21/h6-10,19,27H,5,11-12H2,1-4H3,(H,25,29)(H,26,28)/t19-/m0/s1. The number of carbonyl (C=O) groups excluding carboxylic acids is 2. The topological polar surface area (TPSA) is 83.2 Å². The molecule has 6 heteroatoms. The highest BCUT2D eigenvalue weighted by Gasteiger charge is 2.31. The Balaban J connectivity index is 1.61. The third kappa shape index (κ3) is 3.54. The van der Waals surface area contributed by atoms with E-state index in [0.717, 1.165) is 28.6 Å². The maximum atomic E-state index is 13.1. The molecule has 2 amide bonds. The summed E-state index contributed by atoms with van der Waals surface area (Å²) in [6.07, 6.45) is 1.05. The molecule has 0 fully saturated rings. The van der Waals surface area contributed by atoms with E-state index in [2.05, 4.69) is 48.5 Å². The fourth-order valence-electron chi connectivity index (χ4n) is 4.31. The van der Waals surface area contributed by atoms with Crippen molar-refractivity contribution in [3.8, 4) is 5.75 Å². The Labute approximate surface area is 176 Å². The zero-order chi connectivity index (χ0) is 21.4. The van der Waals surface area contributed by atoms with Crippen LogP contribution < -0.4 is 15.4 Å². The van der Waals surface area contributed by atoms with Gasteiger partial charge in [-0.15, -0.1) is 0 Å². The van der Waals surface area contributed by atoms with Gasteiger partial charge in [-0.25, -0.2) is 0 Å². The maximum absolute atomic E-state index is 13.1. The van der Waals surface area contributed by atoms with Gasteiger partial charge in [0, 0.05) is 29.7 Å². The van der Waals surface area contributed by atoms with Gasteiger partial charge in [0.25, 0.3) is 0 Å². The first-order chi connectivity index (χ1) is 14.4. The number of aromatic amines is 1. The number of methoxy groups -OCH3 is 1. The number of amides is 2. The van der Waals surface area contributed by atoms with Gasteiger partial charge >= 0.3 is 0 Å². The molecule has 1 atom stereocenters. The third-order valence-corrected chi connectivity index (χ3v) is 5.92. The summed E-state index contributed by atoms with van der Waals surface area (Å²) in [6, 6.07) is 9.67. The van der Waals surface area contributed by atoms with Crippen LogP contribution in [0.2, 0.25) is 0 Å². The molecule has 6 nitrogen and oxygen atoms in total. The van der Waals surface area contributed by atoms with Crippen LogP contribution in [0.25, 0.3) is 10.9 Å². The SMILES string of the molecule is CCc1[nH]c2c(CNC(=O)[C@H]3CC(=O)Nc4ccc(OC)cc43)cc(C)cc2c1C. The van der Waals surface area contributed by atoms with E-state index in [1.54, 1.807) is 19.2 Å². The van der Waals surface area contributed by atoms with Crippen molar-refractivity contribution in [3.63, 3.8) is 0 Å². The number of aromatic nitrogens is 1. The van der Waals surface area contributed by atoms with Gasteiger partial charge in [-0.3, -0.25) is 9.59 Å². The first kappa shape index (κ1) is 20.0. The summed E-state index contributed by atoms with van der Waals surface area (Å²) in [5, 5.41) is 7.09. The minimum Gasteiger partial charge on any atom is -0.497 e. The molecule has 0 saturated carbocycles. The lowest BCUT2D eigenvalue weighted by molar-refractivity contribution is -0.126. The number of nitrogens with one attached hydrogen (secondary N) is 3. The molecule has 1 aliphatic heterocycles. The van der Waals surface area contributed by atoms with Crippen LogP contribution in [0, 0.1) is 13.8 Å². The minimum atomic E-state index is -0.541. The summed E-state index contributed by atoms with van der Waals surface area (Å²) in [5.41, 5.74) is 7.19. The van der Waals surface area contributed by atoms with Gasteiger partial charge in [0.05, 0.1) is 18.5 Å². The summed E-state index contributed by atoms with van der Waals surface area (Å²) in [4.78, 5) is 28.7. The molecule has 2 aromatic carbocycles. The monoisotopic (exact) mass is 405 g/mol.